The lowest BCUT2D eigenvalue weighted by Gasteiger charge is -2.36. The van der Waals surface area contributed by atoms with Crippen LogP contribution in [-0.4, -0.2) is 47.0 Å². The summed E-state index contributed by atoms with van der Waals surface area (Å²) in [4.78, 5) is 25.5. The van der Waals surface area contributed by atoms with Crippen LogP contribution in [-0.2, 0) is 11.2 Å². The van der Waals surface area contributed by atoms with Crippen LogP contribution in [0, 0.1) is 0 Å². The molecule has 1 aliphatic rings. The third-order valence-electron chi connectivity index (χ3n) is 4.67. The van der Waals surface area contributed by atoms with Crippen molar-refractivity contribution in [2.24, 2.45) is 0 Å². The molecule has 6 nitrogen and oxygen atoms in total. The zero-order valence-corrected chi connectivity index (χ0v) is 17.8. The molecule has 1 fully saturated rings. The maximum Gasteiger partial charge on any atom is 0.228 e. The van der Waals surface area contributed by atoms with Crippen molar-refractivity contribution in [3.8, 4) is 0 Å². The van der Waals surface area contributed by atoms with E-state index in [-0.39, 0.29) is 12.3 Å². The molecule has 0 bridgehead atoms. The molecular formula is C20H19Cl2N5OS. The van der Waals surface area contributed by atoms with Gasteiger partial charge in [0.25, 0.3) is 0 Å². The molecule has 0 spiro atoms. The fraction of sp³-hybridized carbons (Fsp3) is 0.250. The molecule has 0 unspecified atom stereocenters. The van der Waals surface area contributed by atoms with Crippen LogP contribution >= 0.6 is 34.5 Å². The molecule has 0 aliphatic carbocycles. The number of thiazole rings is 1. The zero-order chi connectivity index (χ0) is 20.2. The molecule has 4 rings (SSSR count). The lowest BCUT2D eigenvalue weighted by Crippen LogP contribution is -2.49. The number of nitrogens with one attached hydrogen (secondary N) is 1. The van der Waals surface area contributed by atoms with Crippen molar-refractivity contribution in [3.05, 3.63) is 63.7 Å². The second kappa shape index (κ2) is 8.98. The van der Waals surface area contributed by atoms with Crippen molar-refractivity contribution in [1.29, 1.82) is 0 Å². The van der Waals surface area contributed by atoms with Crippen molar-refractivity contribution >= 4 is 57.1 Å². The highest BCUT2D eigenvalue weighted by Crippen LogP contribution is 2.26. The molecule has 1 aromatic carbocycles. The summed E-state index contributed by atoms with van der Waals surface area (Å²) >= 11 is 13.6. The minimum atomic E-state index is 0.0882. The maximum absolute atomic E-state index is 12.7. The van der Waals surface area contributed by atoms with Crippen molar-refractivity contribution in [2.45, 2.75) is 6.42 Å². The van der Waals surface area contributed by atoms with Gasteiger partial charge in [0.05, 0.1) is 27.8 Å². The van der Waals surface area contributed by atoms with Gasteiger partial charge < -0.3 is 15.1 Å². The Balaban J connectivity index is 1.31. The summed E-state index contributed by atoms with van der Waals surface area (Å²) in [7, 11) is 0. The van der Waals surface area contributed by atoms with E-state index in [1.165, 1.54) is 11.3 Å². The molecule has 0 atom stereocenters. The summed E-state index contributed by atoms with van der Waals surface area (Å²) in [5.41, 5.74) is 1.78. The fourth-order valence-corrected chi connectivity index (χ4v) is 4.26. The molecule has 150 valence electrons. The number of aromatic nitrogens is 2. The van der Waals surface area contributed by atoms with Gasteiger partial charge in [-0.2, -0.15) is 0 Å². The standard InChI is InChI=1S/C20H19Cl2N5OS/c21-14-5-6-18(23-12-14)25-20-24-15(13-29-20)11-19(28)27-9-7-26(8-10-27)17-4-2-1-3-16(17)22/h1-6,12-13H,7-11H2,(H,23,24,25). The third kappa shape index (κ3) is 4.98. The van der Waals surface area contributed by atoms with Gasteiger partial charge in [-0.05, 0) is 24.3 Å². The molecule has 2 aromatic heterocycles. The molecule has 1 N–H and O–H groups in total. The first kappa shape index (κ1) is 19.9. The second-order valence-electron chi connectivity index (χ2n) is 6.63. The van der Waals surface area contributed by atoms with Gasteiger partial charge >= 0.3 is 0 Å². The van der Waals surface area contributed by atoms with Crippen molar-refractivity contribution in [1.82, 2.24) is 14.9 Å². The number of halogens is 2. The van der Waals surface area contributed by atoms with E-state index in [2.05, 4.69) is 20.2 Å². The Morgan fingerprint density at radius 2 is 1.90 bits per heavy atom. The molecule has 3 heterocycles. The zero-order valence-electron chi connectivity index (χ0n) is 15.5. The summed E-state index contributed by atoms with van der Waals surface area (Å²) < 4.78 is 0. The average molecular weight is 448 g/mol. The summed E-state index contributed by atoms with van der Waals surface area (Å²) in [5, 5.41) is 7.05. The quantitative estimate of drug-likeness (QED) is 0.624. The average Bonchev–Trinajstić information content (AvgIpc) is 3.17. The van der Waals surface area contributed by atoms with Crippen LogP contribution in [0.5, 0.6) is 0 Å². The number of hydrogen-bond donors (Lipinski definition) is 1. The molecular weight excluding hydrogens is 429 g/mol. The van der Waals surface area contributed by atoms with Crippen LogP contribution < -0.4 is 10.2 Å². The van der Waals surface area contributed by atoms with E-state index >= 15 is 0 Å². The van der Waals surface area contributed by atoms with E-state index in [1.807, 2.05) is 34.5 Å². The predicted molar refractivity (Wildman–Crippen MR) is 119 cm³/mol. The first-order valence-corrected chi connectivity index (χ1v) is 10.8. The number of rotatable bonds is 5. The van der Waals surface area contributed by atoms with E-state index in [4.69, 9.17) is 23.2 Å². The Bertz CT molecular complexity index is 987. The third-order valence-corrected chi connectivity index (χ3v) is 6.02. The number of piperazine rings is 1. The number of carbonyl (C=O) groups is 1. The number of para-hydroxylation sites is 1. The topological polar surface area (TPSA) is 61.4 Å². The fourth-order valence-electron chi connectivity index (χ4n) is 3.18. The molecule has 29 heavy (non-hydrogen) atoms. The summed E-state index contributed by atoms with van der Waals surface area (Å²) in [6, 6.07) is 11.4. The number of benzene rings is 1. The highest BCUT2D eigenvalue weighted by Gasteiger charge is 2.23. The lowest BCUT2D eigenvalue weighted by molar-refractivity contribution is -0.130. The molecule has 1 aliphatic heterocycles. The Kier molecular flexibility index (Phi) is 6.18. The van der Waals surface area contributed by atoms with Crippen LogP contribution in [0.3, 0.4) is 0 Å². The van der Waals surface area contributed by atoms with Gasteiger partial charge in [0.15, 0.2) is 5.13 Å². The predicted octanol–water partition coefficient (Wildman–Crippen LogP) is 4.48. The highest BCUT2D eigenvalue weighted by molar-refractivity contribution is 7.13. The van der Waals surface area contributed by atoms with E-state index in [0.29, 0.717) is 29.1 Å². The number of amides is 1. The van der Waals surface area contributed by atoms with E-state index in [9.17, 15) is 4.79 Å². The summed E-state index contributed by atoms with van der Waals surface area (Å²) in [5.74, 6) is 0.752. The Morgan fingerprint density at radius 3 is 2.62 bits per heavy atom. The molecule has 9 heteroatoms. The number of carbonyl (C=O) groups excluding carboxylic acids is 1. The maximum atomic E-state index is 12.7. The number of nitrogens with zero attached hydrogens (tertiary/aromatic N) is 4. The van der Waals surface area contributed by atoms with Crippen LogP contribution in [0.4, 0.5) is 16.6 Å². The lowest BCUT2D eigenvalue weighted by atomic mass is 10.2. The summed E-state index contributed by atoms with van der Waals surface area (Å²) in [6.07, 6.45) is 1.86. The Morgan fingerprint density at radius 1 is 1.10 bits per heavy atom. The Labute approximate surface area is 183 Å². The molecule has 0 saturated carbocycles. The minimum Gasteiger partial charge on any atom is -0.367 e. The normalized spacial score (nSPS) is 14.1. The molecule has 1 saturated heterocycles. The van der Waals surface area contributed by atoms with Crippen LogP contribution in [0.2, 0.25) is 10.0 Å². The first-order valence-electron chi connectivity index (χ1n) is 9.19. The second-order valence-corrected chi connectivity index (χ2v) is 8.33. The van der Waals surface area contributed by atoms with Crippen LogP contribution in [0.25, 0.3) is 0 Å². The largest absolute Gasteiger partial charge is 0.367 e. The van der Waals surface area contributed by atoms with Crippen molar-refractivity contribution in [2.75, 3.05) is 36.4 Å². The minimum absolute atomic E-state index is 0.0882. The van der Waals surface area contributed by atoms with Crippen molar-refractivity contribution in [3.63, 3.8) is 0 Å². The molecule has 0 radical (unpaired) electrons. The van der Waals surface area contributed by atoms with Gasteiger partial charge in [-0.3, -0.25) is 4.79 Å². The number of hydrogen-bond acceptors (Lipinski definition) is 6. The van der Waals surface area contributed by atoms with Gasteiger partial charge in [0, 0.05) is 37.8 Å². The SMILES string of the molecule is O=C(Cc1csc(Nc2ccc(Cl)cn2)n1)N1CCN(c2ccccc2Cl)CC1. The number of pyridine rings is 1. The summed E-state index contributed by atoms with van der Waals surface area (Å²) in [6.45, 7) is 2.88. The van der Waals surface area contributed by atoms with E-state index in [0.717, 1.165) is 29.5 Å². The van der Waals surface area contributed by atoms with Gasteiger partial charge in [-0.25, -0.2) is 9.97 Å². The first-order chi connectivity index (χ1) is 14.1. The van der Waals surface area contributed by atoms with Crippen LogP contribution in [0.1, 0.15) is 5.69 Å². The highest BCUT2D eigenvalue weighted by atomic mass is 35.5. The van der Waals surface area contributed by atoms with Gasteiger partial charge in [-0.1, -0.05) is 35.3 Å². The smallest absolute Gasteiger partial charge is 0.228 e. The Hall–Kier alpha value is -2.35. The van der Waals surface area contributed by atoms with E-state index < -0.39 is 0 Å². The van der Waals surface area contributed by atoms with Gasteiger partial charge in [-0.15, -0.1) is 11.3 Å². The van der Waals surface area contributed by atoms with Crippen LogP contribution in [0.15, 0.2) is 48.0 Å². The van der Waals surface area contributed by atoms with Gasteiger partial charge in [0.1, 0.15) is 5.82 Å². The molecule has 1 amide bonds. The van der Waals surface area contributed by atoms with E-state index in [1.54, 1.807) is 18.3 Å². The van der Waals surface area contributed by atoms with Crippen molar-refractivity contribution < 1.29 is 4.79 Å². The number of anilines is 3. The van der Waals surface area contributed by atoms with Gasteiger partial charge in [0.2, 0.25) is 5.91 Å². The monoisotopic (exact) mass is 447 g/mol. The molecule has 3 aromatic rings.